The van der Waals surface area contributed by atoms with E-state index in [9.17, 15) is 19.2 Å². The molecule has 4 rings (SSSR count). The fourth-order valence-corrected chi connectivity index (χ4v) is 4.17. The molecule has 0 aromatic heterocycles. The molecule has 0 saturated heterocycles. The molecule has 2 atom stereocenters. The minimum Gasteiger partial charge on any atom is -0.497 e. The Balaban J connectivity index is 1.62. The lowest BCUT2D eigenvalue weighted by atomic mass is 9.85. The van der Waals surface area contributed by atoms with Gasteiger partial charge in [0.05, 0.1) is 24.8 Å². The molecule has 0 fully saturated rings. The SMILES string of the molecule is COc1cccc(CCC2=NC(=O)NC(c3cccc(C#N)c3)C2C(=O)OCc2cccc(F)c2)c1. The van der Waals surface area contributed by atoms with E-state index in [0.29, 0.717) is 41.0 Å². The lowest BCUT2D eigenvalue weighted by Crippen LogP contribution is -2.45. The Morgan fingerprint density at radius 3 is 2.61 bits per heavy atom. The van der Waals surface area contributed by atoms with E-state index >= 15 is 0 Å². The number of halogens is 1. The Hall–Kier alpha value is -4.51. The maximum Gasteiger partial charge on any atom is 0.341 e. The number of hydrogen-bond donors (Lipinski definition) is 1. The van der Waals surface area contributed by atoms with Crippen LogP contribution in [0.1, 0.15) is 34.7 Å². The molecule has 2 unspecified atom stereocenters. The van der Waals surface area contributed by atoms with Crippen LogP contribution in [0, 0.1) is 23.1 Å². The number of aryl methyl sites for hydroxylation is 1. The molecule has 1 heterocycles. The van der Waals surface area contributed by atoms with Gasteiger partial charge >= 0.3 is 12.0 Å². The number of hydrogen-bond acceptors (Lipinski definition) is 5. The molecule has 8 heteroatoms. The van der Waals surface area contributed by atoms with Crippen LogP contribution < -0.4 is 10.1 Å². The van der Waals surface area contributed by atoms with E-state index in [-0.39, 0.29) is 6.61 Å². The number of rotatable bonds is 8. The molecular weight excluding hydrogens is 461 g/mol. The number of nitrogens with zero attached hydrogens (tertiary/aromatic N) is 2. The van der Waals surface area contributed by atoms with Crippen LogP contribution in [0.5, 0.6) is 5.75 Å². The van der Waals surface area contributed by atoms with E-state index in [1.54, 1.807) is 37.4 Å². The summed E-state index contributed by atoms with van der Waals surface area (Å²) in [4.78, 5) is 30.1. The fraction of sp³-hybridized carbons (Fsp3) is 0.214. The summed E-state index contributed by atoms with van der Waals surface area (Å²) in [6.07, 6.45) is 0.844. The maximum absolute atomic E-state index is 13.6. The Morgan fingerprint density at radius 1 is 1.06 bits per heavy atom. The zero-order chi connectivity index (χ0) is 25.5. The Morgan fingerprint density at radius 2 is 1.83 bits per heavy atom. The van der Waals surface area contributed by atoms with Crippen molar-refractivity contribution in [3.63, 3.8) is 0 Å². The predicted molar refractivity (Wildman–Crippen MR) is 131 cm³/mol. The van der Waals surface area contributed by atoms with E-state index in [4.69, 9.17) is 9.47 Å². The molecule has 1 aliphatic heterocycles. The van der Waals surface area contributed by atoms with Gasteiger partial charge < -0.3 is 14.8 Å². The minimum absolute atomic E-state index is 0.130. The minimum atomic E-state index is -0.921. The van der Waals surface area contributed by atoms with Gasteiger partial charge in [0.15, 0.2) is 0 Å². The number of nitrogens with one attached hydrogen (secondary N) is 1. The van der Waals surface area contributed by atoms with Gasteiger partial charge in [-0.1, -0.05) is 36.4 Å². The van der Waals surface area contributed by atoms with Crippen molar-refractivity contribution in [1.82, 2.24) is 5.32 Å². The summed E-state index contributed by atoms with van der Waals surface area (Å²) in [5.41, 5.74) is 2.81. The van der Waals surface area contributed by atoms with Crippen molar-refractivity contribution < 1.29 is 23.5 Å². The summed E-state index contributed by atoms with van der Waals surface area (Å²) < 4.78 is 24.4. The highest BCUT2D eigenvalue weighted by atomic mass is 19.1. The molecule has 2 amide bonds. The molecule has 36 heavy (non-hydrogen) atoms. The zero-order valence-electron chi connectivity index (χ0n) is 19.6. The lowest BCUT2D eigenvalue weighted by molar-refractivity contribution is -0.148. The second-order valence-electron chi connectivity index (χ2n) is 8.33. The number of benzene rings is 3. The zero-order valence-corrected chi connectivity index (χ0v) is 19.6. The van der Waals surface area contributed by atoms with Crippen molar-refractivity contribution >= 4 is 17.7 Å². The van der Waals surface area contributed by atoms with E-state index in [1.807, 2.05) is 24.3 Å². The van der Waals surface area contributed by atoms with Gasteiger partial charge in [0, 0.05) is 5.71 Å². The molecule has 3 aromatic carbocycles. The molecule has 0 spiro atoms. The maximum atomic E-state index is 13.6. The number of esters is 1. The molecule has 3 aromatic rings. The number of carbonyl (C=O) groups excluding carboxylic acids is 2. The summed E-state index contributed by atoms with van der Waals surface area (Å²) in [5, 5.41) is 12.1. The Kier molecular flexibility index (Phi) is 7.71. The van der Waals surface area contributed by atoms with Gasteiger partial charge in [-0.3, -0.25) is 4.79 Å². The molecule has 182 valence electrons. The average Bonchev–Trinajstić information content (AvgIpc) is 2.90. The normalized spacial score (nSPS) is 16.9. The van der Waals surface area contributed by atoms with E-state index in [1.165, 1.54) is 18.2 Å². The van der Waals surface area contributed by atoms with Crippen LogP contribution in [-0.2, 0) is 22.6 Å². The predicted octanol–water partition coefficient (Wildman–Crippen LogP) is 4.90. The summed E-state index contributed by atoms with van der Waals surface area (Å²) in [7, 11) is 1.58. The van der Waals surface area contributed by atoms with Gasteiger partial charge in [0.1, 0.15) is 24.1 Å². The summed E-state index contributed by atoms with van der Waals surface area (Å²) in [5.74, 6) is -1.25. The van der Waals surface area contributed by atoms with E-state index in [2.05, 4.69) is 16.4 Å². The second kappa shape index (κ2) is 11.3. The molecule has 7 nitrogen and oxygen atoms in total. The molecule has 0 aliphatic carbocycles. The third-order valence-electron chi connectivity index (χ3n) is 5.92. The Labute approximate surface area is 208 Å². The molecule has 1 aliphatic rings. The largest absolute Gasteiger partial charge is 0.497 e. The first-order valence-corrected chi connectivity index (χ1v) is 11.4. The van der Waals surface area contributed by atoms with Gasteiger partial charge in [0.2, 0.25) is 0 Å². The van der Waals surface area contributed by atoms with Gasteiger partial charge in [-0.25, -0.2) is 14.2 Å². The fourth-order valence-electron chi connectivity index (χ4n) is 4.17. The highest BCUT2D eigenvalue weighted by molar-refractivity contribution is 6.09. The number of ether oxygens (including phenoxy) is 2. The molecule has 0 bridgehead atoms. The third kappa shape index (κ3) is 5.94. The van der Waals surface area contributed by atoms with Crippen molar-refractivity contribution in [1.29, 1.82) is 5.26 Å². The lowest BCUT2D eigenvalue weighted by Gasteiger charge is -2.31. The standard InChI is InChI=1S/C28H24FN3O4/c1-35-23-10-4-5-18(15-23)11-12-24-25(27(33)36-17-20-7-3-9-22(29)14-20)26(32-28(34)31-24)21-8-2-6-19(13-21)16-30/h2-10,13-15,25-26H,11-12,17H2,1H3,(H,32,34). The highest BCUT2D eigenvalue weighted by Crippen LogP contribution is 2.31. The first-order valence-electron chi connectivity index (χ1n) is 11.4. The average molecular weight is 486 g/mol. The molecule has 0 radical (unpaired) electrons. The van der Waals surface area contributed by atoms with E-state index < -0.39 is 29.8 Å². The first kappa shape index (κ1) is 24.6. The number of urea groups is 1. The van der Waals surface area contributed by atoms with Crippen molar-refractivity contribution in [2.75, 3.05) is 7.11 Å². The summed E-state index contributed by atoms with van der Waals surface area (Å²) in [6.45, 7) is -0.130. The summed E-state index contributed by atoms with van der Waals surface area (Å²) >= 11 is 0. The summed E-state index contributed by atoms with van der Waals surface area (Å²) in [6, 6.07) is 20.7. The van der Waals surface area contributed by atoms with Crippen LogP contribution in [0.2, 0.25) is 0 Å². The van der Waals surface area contributed by atoms with Crippen molar-refractivity contribution in [3.05, 3.63) is 101 Å². The van der Waals surface area contributed by atoms with Crippen LogP contribution >= 0.6 is 0 Å². The smallest absolute Gasteiger partial charge is 0.341 e. The van der Waals surface area contributed by atoms with Crippen molar-refractivity contribution in [2.24, 2.45) is 10.9 Å². The molecule has 0 saturated carbocycles. The first-order chi connectivity index (χ1) is 17.5. The second-order valence-corrected chi connectivity index (χ2v) is 8.33. The highest BCUT2D eigenvalue weighted by Gasteiger charge is 2.39. The van der Waals surface area contributed by atoms with Crippen LogP contribution in [0.4, 0.5) is 9.18 Å². The van der Waals surface area contributed by atoms with Gasteiger partial charge in [-0.05, 0) is 65.9 Å². The number of nitriles is 1. The third-order valence-corrected chi connectivity index (χ3v) is 5.92. The van der Waals surface area contributed by atoms with E-state index in [0.717, 1.165) is 5.56 Å². The van der Waals surface area contributed by atoms with Crippen molar-refractivity contribution in [2.45, 2.75) is 25.5 Å². The molecule has 1 N–H and O–H groups in total. The van der Waals surface area contributed by atoms with Crippen LogP contribution in [-0.4, -0.2) is 24.8 Å². The number of carbonyl (C=O) groups is 2. The van der Waals surface area contributed by atoms with Crippen molar-refractivity contribution in [3.8, 4) is 11.8 Å². The Bertz CT molecular complexity index is 1350. The van der Waals surface area contributed by atoms with Crippen LogP contribution in [0.15, 0.2) is 77.8 Å². The van der Waals surface area contributed by atoms with Gasteiger partial charge in [0.25, 0.3) is 0 Å². The monoisotopic (exact) mass is 485 g/mol. The topological polar surface area (TPSA) is 101 Å². The number of amides is 2. The molecular formula is C28H24FN3O4. The quantitative estimate of drug-likeness (QED) is 0.457. The number of aliphatic imine (C=N–C) groups is 1. The van der Waals surface area contributed by atoms with Gasteiger partial charge in [-0.15, -0.1) is 0 Å². The number of methoxy groups -OCH3 is 1. The van der Waals surface area contributed by atoms with Gasteiger partial charge in [-0.2, -0.15) is 5.26 Å². The van der Waals surface area contributed by atoms with Crippen LogP contribution in [0.3, 0.4) is 0 Å². The van der Waals surface area contributed by atoms with Crippen LogP contribution in [0.25, 0.3) is 0 Å².